The zero-order valence-electron chi connectivity index (χ0n) is 15.6. The summed E-state index contributed by atoms with van der Waals surface area (Å²) in [4.78, 5) is 27.3. The maximum atomic E-state index is 11.7. The summed E-state index contributed by atoms with van der Waals surface area (Å²) in [5, 5.41) is 22.6. The van der Waals surface area contributed by atoms with E-state index < -0.39 is 24.0 Å². The summed E-state index contributed by atoms with van der Waals surface area (Å²) in [6, 6.07) is 3.27. The van der Waals surface area contributed by atoms with Gasteiger partial charge in [-0.05, 0) is 30.0 Å². The number of benzene rings is 1. The molecule has 2 unspecified atom stereocenters. The Morgan fingerprint density at radius 2 is 1.82 bits per heavy atom. The highest BCUT2D eigenvalue weighted by Crippen LogP contribution is 2.23. The lowest BCUT2D eigenvalue weighted by Gasteiger charge is -2.22. The largest absolute Gasteiger partial charge is 0.480 e. The third-order valence-electron chi connectivity index (χ3n) is 4.25. The van der Waals surface area contributed by atoms with Crippen molar-refractivity contribution in [3.63, 3.8) is 0 Å². The number of nitrogens with zero attached hydrogens (tertiary/aromatic N) is 2. The van der Waals surface area contributed by atoms with Crippen LogP contribution in [0.5, 0.6) is 0 Å². The van der Waals surface area contributed by atoms with Crippen LogP contribution >= 0.6 is 23.2 Å². The van der Waals surface area contributed by atoms with Crippen molar-refractivity contribution in [1.82, 2.24) is 14.9 Å². The Morgan fingerprint density at radius 1 is 1.14 bits per heavy atom. The number of aromatic nitrogens is 2. The van der Waals surface area contributed by atoms with Crippen LogP contribution in [0.1, 0.15) is 31.5 Å². The Hall–Kier alpha value is -2.09. The number of hydrogen-bond acceptors (Lipinski definition) is 4. The number of carboxylic acids is 2. The Labute approximate surface area is 173 Å². The Balaban J connectivity index is 2.15. The van der Waals surface area contributed by atoms with Gasteiger partial charge in [-0.1, -0.05) is 43.1 Å². The van der Waals surface area contributed by atoms with Crippen molar-refractivity contribution < 1.29 is 19.8 Å². The first-order valence-corrected chi connectivity index (χ1v) is 9.57. The molecule has 2 rings (SSSR count). The third kappa shape index (κ3) is 6.22. The highest BCUT2D eigenvalue weighted by atomic mass is 35.5. The van der Waals surface area contributed by atoms with Crippen molar-refractivity contribution in [2.24, 2.45) is 5.92 Å². The van der Waals surface area contributed by atoms with E-state index >= 15 is 0 Å². The second-order valence-electron chi connectivity index (χ2n) is 7.04. The molecule has 28 heavy (non-hydrogen) atoms. The van der Waals surface area contributed by atoms with Gasteiger partial charge in [0.1, 0.15) is 12.1 Å². The molecule has 152 valence electrons. The molecule has 2 aromatic rings. The molecule has 0 amide bonds. The topological polar surface area (TPSA) is 104 Å². The minimum absolute atomic E-state index is 0.0958. The van der Waals surface area contributed by atoms with Crippen LogP contribution in [0.4, 0.5) is 0 Å². The molecule has 3 N–H and O–H groups in total. The van der Waals surface area contributed by atoms with E-state index in [0.29, 0.717) is 28.7 Å². The Morgan fingerprint density at radius 3 is 2.39 bits per heavy atom. The quantitative estimate of drug-likeness (QED) is 0.536. The van der Waals surface area contributed by atoms with E-state index in [-0.39, 0.29) is 12.3 Å². The minimum Gasteiger partial charge on any atom is -0.480 e. The fraction of sp³-hybridized carbons (Fsp3) is 0.421. The number of hydrogen-bond donors (Lipinski definition) is 3. The standard InChI is InChI=1S/C19H23Cl2N3O4/c1-11(2)5-16(18(25)26)23-17(19(27)28)7-13-8-22-10-24(13)9-12-3-4-14(20)15(21)6-12/h3-4,6,8,10-11,16-17,23H,5,7,9H2,1-2H3,(H,25,26)(H,27,28). The second kappa shape index (κ2) is 9.91. The predicted molar refractivity (Wildman–Crippen MR) is 107 cm³/mol. The molecule has 1 aromatic carbocycles. The van der Waals surface area contributed by atoms with Crippen LogP contribution in [0.3, 0.4) is 0 Å². The number of nitrogens with one attached hydrogen (secondary N) is 1. The van der Waals surface area contributed by atoms with Gasteiger partial charge in [0.05, 0.1) is 16.4 Å². The molecule has 1 heterocycles. The summed E-state index contributed by atoms with van der Waals surface area (Å²) >= 11 is 12.0. The number of rotatable bonds is 10. The number of carbonyl (C=O) groups is 2. The molecule has 1 aromatic heterocycles. The smallest absolute Gasteiger partial charge is 0.321 e. The minimum atomic E-state index is -1.11. The summed E-state index contributed by atoms with van der Waals surface area (Å²) in [6.07, 6.45) is 3.60. The lowest BCUT2D eigenvalue weighted by atomic mass is 10.0. The summed E-state index contributed by atoms with van der Waals surface area (Å²) in [5.74, 6) is -2.07. The molecular formula is C19H23Cl2N3O4. The van der Waals surface area contributed by atoms with Crippen LogP contribution in [0.2, 0.25) is 10.0 Å². The maximum Gasteiger partial charge on any atom is 0.321 e. The first-order valence-electron chi connectivity index (χ1n) is 8.82. The van der Waals surface area contributed by atoms with E-state index in [0.717, 1.165) is 5.56 Å². The van der Waals surface area contributed by atoms with Crippen molar-refractivity contribution in [3.8, 4) is 0 Å². The second-order valence-corrected chi connectivity index (χ2v) is 7.86. The zero-order chi connectivity index (χ0) is 20.8. The molecule has 0 aliphatic carbocycles. The average Bonchev–Trinajstić information content (AvgIpc) is 3.03. The molecule has 0 aliphatic heterocycles. The fourth-order valence-electron chi connectivity index (χ4n) is 2.88. The van der Waals surface area contributed by atoms with Crippen molar-refractivity contribution in [1.29, 1.82) is 0 Å². The van der Waals surface area contributed by atoms with Gasteiger partial charge in [-0.3, -0.25) is 14.9 Å². The van der Waals surface area contributed by atoms with E-state index in [1.54, 1.807) is 29.2 Å². The van der Waals surface area contributed by atoms with Crippen LogP contribution < -0.4 is 5.32 Å². The highest BCUT2D eigenvalue weighted by Gasteiger charge is 2.27. The first kappa shape index (κ1) is 22.2. The van der Waals surface area contributed by atoms with Gasteiger partial charge < -0.3 is 14.8 Å². The van der Waals surface area contributed by atoms with E-state index in [1.165, 1.54) is 0 Å². The van der Waals surface area contributed by atoms with E-state index in [4.69, 9.17) is 23.2 Å². The van der Waals surface area contributed by atoms with E-state index in [2.05, 4.69) is 10.3 Å². The van der Waals surface area contributed by atoms with Gasteiger partial charge in [0.25, 0.3) is 0 Å². The maximum absolute atomic E-state index is 11.7. The van der Waals surface area contributed by atoms with E-state index in [9.17, 15) is 19.8 Å². The van der Waals surface area contributed by atoms with Gasteiger partial charge in [-0.25, -0.2) is 4.98 Å². The average molecular weight is 428 g/mol. The first-order chi connectivity index (χ1) is 13.2. The molecule has 0 fully saturated rings. The number of halogens is 2. The van der Waals surface area contributed by atoms with Crippen LogP contribution in [-0.4, -0.2) is 43.8 Å². The van der Waals surface area contributed by atoms with Gasteiger partial charge in [0.15, 0.2) is 0 Å². The molecule has 2 atom stereocenters. The van der Waals surface area contributed by atoms with Crippen molar-refractivity contribution in [3.05, 3.63) is 52.0 Å². The monoisotopic (exact) mass is 427 g/mol. The van der Waals surface area contributed by atoms with Crippen LogP contribution in [0.25, 0.3) is 0 Å². The molecule has 0 bridgehead atoms. The molecule has 0 aliphatic rings. The number of aliphatic carboxylic acids is 2. The molecule has 0 saturated heterocycles. The molecule has 0 saturated carbocycles. The van der Waals surface area contributed by atoms with Crippen LogP contribution in [0, 0.1) is 5.92 Å². The summed E-state index contributed by atoms with van der Waals surface area (Å²) in [6.45, 7) is 4.21. The van der Waals surface area contributed by atoms with Crippen molar-refractivity contribution in [2.75, 3.05) is 0 Å². The normalized spacial score (nSPS) is 13.5. The van der Waals surface area contributed by atoms with E-state index in [1.807, 2.05) is 19.9 Å². The van der Waals surface area contributed by atoms with Crippen LogP contribution in [0.15, 0.2) is 30.7 Å². The fourth-order valence-corrected chi connectivity index (χ4v) is 3.20. The van der Waals surface area contributed by atoms with Crippen molar-refractivity contribution in [2.45, 2.75) is 45.3 Å². The number of carboxylic acid groups (broad SMARTS) is 2. The SMILES string of the molecule is CC(C)CC(NC(Cc1cncn1Cc1ccc(Cl)c(Cl)c1)C(=O)O)C(=O)O. The van der Waals surface area contributed by atoms with Gasteiger partial charge >= 0.3 is 11.9 Å². The van der Waals surface area contributed by atoms with Gasteiger partial charge in [0.2, 0.25) is 0 Å². The summed E-state index contributed by atoms with van der Waals surface area (Å²) in [5.41, 5.74) is 1.55. The Kier molecular flexibility index (Phi) is 7.86. The molecule has 0 spiro atoms. The van der Waals surface area contributed by atoms with Gasteiger partial charge in [-0.2, -0.15) is 0 Å². The molecule has 0 radical (unpaired) electrons. The summed E-state index contributed by atoms with van der Waals surface area (Å²) in [7, 11) is 0. The number of imidazole rings is 1. The predicted octanol–water partition coefficient (Wildman–Crippen LogP) is 3.32. The van der Waals surface area contributed by atoms with Gasteiger partial charge in [-0.15, -0.1) is 0 Å². The summed E-state index contributed by atoms with van der Waals surface area (Å²) < 4.78 is 1.80. The molecule has 7 nitrogen and oxygen atoms in total. The van der Waals surface area contributed by atoms with Crippen molar-refractivity contribution >= 4 is 35.1 Å². The molecular weight excluding hydrogens is 405 g/mol. The lowest BCUT2D eigenvalue weighted by Crippen LogP contribution is -2.49. The van der Waals surface area contributed by atoms with Crippen LogP contribution in [-0.2, 0) is 22.6 Å². The Bertz CT molecular complexity index is 838. The highest BCUT2D eigenvalue weighted by molar-refractivity contribution is 6.42. The lowest BCUT2D eigenvalue weighted by molar-refractivity contribution is -0.142. The van der Waals surface area contributed by atoms with Gasteiger partial charge in [0, 0.05) is 24.9 Å². The third-order valence-corrected chi connectivity index (χ3v) is 4.99. The zero-order valence-corrected chi connectivity index (χ0v) is 17.1. The molecule has 9 heteroatoms.